The monoisotopic (exact) mass is 266 g/mol. The quantitative estimate of drug-likeness (QED) is 0.762. The van der Waals surface area contributed by atoms with E-state index in [-0.39, 0.29) is 11.9 Å². The van der Waals surface area contributed by atoms with Crippen LogP contribution in [0.3, 0.4) is 0 Å². The average molecular weight is 266 g/mol. The minimum atomic E-state index is -0.453. The largest absolute Gasteiger partial charge is 0.463 e. The van der Waals surface area contributed by atoms with Crippen LogP contribution in [0.2, 0.25) is 0 Å². The van der Waals surface area contributed by atoms with Crippen molar-refractivity contribution >= 4 is 5.97 Å². The average Bonchev–Trinajstić information content (AvgIpc) is 2.95. The second-order valence-corrected chi connectivity index (χ2v) is 5.17. The molecule has 0 N–H and O–H groups in total. The Morgan fingerprint density at radius 2 is 2.11 bits per heavy atom. The molecule has 0 aromatic carbocycles. The zero-order valence-electron chi connectivity index (χ0n) is 11.7. The highest BCUT2D eigenvalue weighted by Crippen LogP contribution is 2.26. The lowest BCUT2D eigenvalue weighted by molar-refractivity contribution is 0.0173. The van der Waals surface area contributed by atoms with E-state index >= 15 is 0 Å². The first kappa shape index (κ1) is 14.1. The second-order valence-electron chi connectivity index (χ2n) is 5.17. The van der Waals surface area contributed by atoms with Crippen LogP contribution in [0.1, 0.15) is 61.4 Å². The fourth-order valence-electron chi connectivity index (χ4n) is 2.50. The topological polar surface area (TPSA) is 48.7 Å². The van der Waals surface area contributed by atoms with Crippen molar-refractivity contribution in [1.82, 2.24) is 0 Å². The predicted molar refractivity (Wildman–Crippen MR) is 71.0 cm³/mol. The summed E-state index contributed by atoms with van der Waals surface area (Å²) in [4.78, 5) is 11.3. The number of methoxy groups -OCH3 is 1. The number of carbonyl (C=O) groups is 1. The fourth-order valence-corrected chi connectivity index (χ4v) is 2.50. The summed E-state index contributed by atoms with van der Waals surface area (Å²) in [7, 11) is 1.34. The van der Waals surface area contributed by atoms with Gasteiger partial charge in [0.1, 0.15) is 11.9 Å². The van der Waals surface area contributed by atoms with E-state index < -0.39 is 5.97 Å². The van der Waals surface area contributed by atoms with Crippen molar-refractivity contribution in [2.45, 2.75) is 45.1 Å². The standard InChI is InChI=1S/C15H22O4/c1-11(18-10-12-6-4-3-5-7-12)13-8-9-14(19-13)15(16)17-2/h8-9,11-12H,3-7,10H2,1-2H3. The van der Waals surface area contributed by atoms with Gasteiger partial charge in [0.05, 0.1) is 13.7 Å². The molecule has 1 aromatic heterocycles. The van der Waals surface area contributed by atoms with E-state index in [1.807, 2.05) is 6.92 Å². The van der Waals surface area contributed by atoms with Crippen LogP contribution in [0.25, 0.3) is 0 Å². The van der Waals surface area contributed by atoms with E-state index in [0.29, 0.717) is 11.7 Å². The SMILES string of the molecule is COC(=O)c1ccc(C(C)OCC2CCCCC2)o1. The summed E-state index contributed by atoms with van der Waals surface area (Å²) in [5, 5.41) is 0. The molecule has 0 radical (unpaired) electrons. The molecule has 1 aromatic rings. The van der Waals surface area contributed by atoms with Crippen molar-refractivity contribution in [1.29, 1.82) is 0 Å². The highest BCUT2D eigenvalue weighted by molar-refractivity contribution is 5.86. The Balaban J connectivity index is 1.83. The van der Waals surface area contributed by atoms with Crippen LogP contribution in [0, 0.1) is 5.92 Å². The van der Waals surface area contributed by atoms with Crippen LogP contribution in [-0.4, -0.2) is 19.7 Å². The molecule has 2 rings (SSSR count). The van der Waals surface area contributed by atoms with E-state index in [1.165, 1.54) is 39.2 Å². The third kappa shape index (κ3) is 3.83. The molecule has 1 heterocycles. The van der Waals surface area contributed by atoms with E-state index in [9.17, 15) is 4.79 Å². The zero-order valence-corrected chi connectivity index (χ0v) is 11.7. The maximum atomic E-state index is 11.3. The molecule has 1 aliphatic carbocycles. The molecule has 1 atom stereocenters. The lowest BCUT2D eigenvalue weighted by Gasteiger charge is -2.22. The first-order chi connectivity index (χ1) is 9.20. The smallest absolute Gasteiger partial charge is 0.373 e. The van der Waals surface area contributed by atoms with Crippen LogP contribution in [0.15, 0.2) is 16.5 Å². The highest BCUT2D eigenvalue weighted by Gasteiger charge is 2.18. The number of rotatable bonds is 5. The minimum Gasteiger partial charge on any atom is -0.463 e. The number of furan rings is 1. The molecular formula is C15H22O4. The lowest BCUT2D eigenvalue weighted by Crippen LogP contribution is -2.14. The summed E-state index contributed by atoms with van der Waals surface area (Å²) in [6.45, 7) is 2.72. The maximum Gasteiger partial charge on any atom is 0.373 e. The van der Waals surface area contributed by atoms with Crippen molar-refractivity contribution in [2.24, 2.45) is 5.92 Å². The number of esters is 1. The Hall–Kier alpha value is -1.29. The van der Waals surface area contributed by atoms with Gasteiger partial charge in [0.15, 0.2) is 0 Å². The Labute approximate surface area is 114 Å². The third-order valence-electron chi connectivity index (χ3n) is 3.72. The molecule has 1 fully saturated rings. The van der Waals surface area contributed by atoms with Gasteiger partial charge in [0.2, 0.25) is 5.76 Å². The normalized spacial score (nSPS) is 18.2. The van der Waals surface area contributed by atoms with Crippen LogP contribution in [-0.2, 0) is 9.47 Å². The van der Waals surface area contributed by atoms with Crippen LogP contribution >= 0.6 is 0 Å². The molecule has 19 heavy (non-hydrogen) atoms. The summed E-state index contributed by atoms with van der Waals surface area (Å²) in [6.07, 6.45) is 6.38. The van der Waals surface area contributed by atoms with E-state index in [4.69, 9.17) is 9.15 Å². The summed E-state index contributed by atoms with van der Waals surface area (Å²) >= 11 is 0. The summed E-state index contributed by atoms with van der Waals surface area (Å²) in [5.41, 5.74) is 0. The minimum absolute atomic E-state index is 0.125. The van der Waals surface area contributed by atoms with Gasteiger partial charge in [-0.3, -0.25) is 0 Å². The Morgan fingerprint density at radius 1 is 1.37 bits per heavy atom. The number of ether oxygens (including phenoxy) is 2. The molecule has 1 unspecified atom stereocenters. The fraction of sp³-hybridized carbons (Fsp3) is 0.667. The number of hydrogen-bond acceptors (Lipinski definition) is 4. The number of hydrogen-bond donors (Lipinski definition) is 0. The van der Waals surface area contributed by atoms with Crippen LogP contribution in [0.5, 0.6) is 0 Å². The molecule has 0 bridgehead atoms. The zero-order chi connectivity index (χ0) is 13.7. The van der Waals surface area contributed by atoms with Crippen molar-refractivity contribution in [3.8, 4) is 0 Å². The van der Waals surface area contributed by atoms with Crippen LogP contribution in [0.4, 0.5) is 0 Å². The molecule has 4 nitrogen and oxygen atoms in total. The van der Waals surface area contributed by atoms with E-state index in [2.05, 4.69) is 4.74 Å². The van der Waals surface area contributed by atoms with Gasteiger partial charge in [-0.25, -0.2) is 4.79 Å². The van der Waals surface area contributed by atoms with Gasteiger partial charge in [0, 0.05) is 0 Å². The first-order valence-corrected chi connectivity index (χ1v) is 7.00. The molecule has 1 aliphatic rings. The Kier molecular flexibility index (Phi) is 5.02. The van der Waals surface area contributed by atoms with E-state index in [0.717, 1.165) is 6.61 Å². The second kappa shape index (κ2) is 6.75. The summed E-state index contributed by atoms with van der Waals surface area (Å²) in [5.74, 6) is 1.12. The predicted octanol–water partition coefficient (Wildman–Crippen LogP) is 3.72. The molecule has 0 spiro atoms. The van der Waals surface area contributed by atoms with Gasteiger partial charge in [-0.15, -0.1) is 0 Å². The van der Waals surface area contributed by atoms with Gasteiger partial charge in [-0.1, -0.05) is 19.3 Å². The third-order valence-corrected chi connectivity index (χ3v) is 3.72. The van der Waals surface area contributed by atoms with Crippen molar-refractivity contribution in [3.63, 3.8) is 0 Å². The molecular weight excluding hydrogens is 244 g/mol. The first-order valence-electron chi connectivity index (χ1n) is 7.00. The lowest BCUT2D eigenvalue weighted by atomic mass is 9.90. The molecule has 1 saturated carbocycles. The van der Waals surface area contributed by atoms with Crippen molar-refractivity contribution in [3.05, 3.63) is 23.7 Å². The van der Waals surface area contributed by atoms with Crippen LogP contribution < -0.4 is 0 Å². The van der Waals surface area contributed by atoms with Gasteiger partial charge >= 0.3 is 5.97 Å². The Bertz CT molecular complexity index is 404. The summed E-state index contributed by atoms with van der Waals surface area (Å²) < 4.78 is 15.9. The van der Waals surface area contributed by atoms with Gasteiger partial charge in [0.25, 0.3) is 0 Å². The summed E-state index contributed by atoms with van der Waals surface area (Å²) in [6, 6.07) is 3.40. The van der Waals surface area contributed by atoms with E-state index in [1.54, 1.807) is 12.1 Å². The number of carbonyl (C=O) groups excluding carboxylic acids is 1. The van der Waals surface area contributed by atoms with Gasteiger partial charge < -0.3 is 13.9 Å². The van der Waals surface area contributed by atoms with Gasteiger partial charge in [-0.05, 0) is 37.8 Å². The van der Waals surface area contributed by atoms with Crippen molar-refractivity contribution in [2.75, 3.05) is 13.7 Å². The Morgan fingerprint density at radius 3 is 2.79 bits per heavy atom. The maximum absolute atomic E-state index is 11.3. The molecule has 0 saturated heterocycles. The molecule has 106 valence electrons. The molecule has 4 heteroatoms. The molecule has 0 amide bonds. The van der Waals surface area contributed by atoms with Gasteiger partial charge in [-0.2, -0.15) is 0 Å². The van der Waals surface area contributed by atoms with Crippen molar-refractivity contribution < 1.29 is 18.7 Å². The highest BCUT2D eigenvalue weighted by atomic mass is 16.5. The molecule has 0 aliphatic heterocycles.